The van der Waals surface area contributed by atoms with Crippen LogP contribution in [0.3, 0.4) is 0 Å². The highest BCUT2D eigenvalue weighted by Gasteiger charge is 2.04. The maximum atomic E-state index is 4.92. The first-order valence-corrected chi connectivity index (χ1v) is 5.65. The molecular formula is C11H15NS2. The summed E-state index contributed by atoms with van der Waals surface area (Å²) in [6.45, 7) is 4.32. The zero-order valence-electron chi connectivity index (χ0n) is 8.50. The maximum Gasteiger partial charge on any atom is 0.135 e. The maximum absolute atomic E-state index is 4.92. The molecule has 0 heterocycles. The van der Waals surface area contributed by atoms with Crippen LogP contribution < -0.4 is 5.32 Å². The van der Waals surface area contributed by atoms with Gasteiger partial charge in [-0.15, -0.1) is 12.6 Å². The van der Waals surface area contributed by atoms with E-state index >= 15 is 0 Å². The Morgan fingerprint density at radius 3 is 2.57 bits per heavy atom. The van der Waals surface area contributed by atoms with Crippen molar-refractivity contribution in [1.82, 2.24) is 0 Å². The van der Waals surface area contributed by atoms with Crippen LogP contribution >= 0.6 is 24.8 Å². The molecule has 0 spiro atoms. The van der Waals surface area contributed by atoms with Crippen molar-refractivity contribution in [2.75, 3.05) is 5.32 Å². The summed E-state index contributed by atoms with van der Waals surface area (Å²) in [7, 11) is 0. The van der Waals surface area contributed by atoms with Crippen LogP contribution in [0.1, 0.15) is 25.0 Å². The van der Waals surface area contributed by atoms with Gasteiger partial charge in [-0.3, -0.25) is 0 Å². The van der Waals surface area contributed by atoms with E-state index in [9.17, 15) is 0 Å². The molecule has 3 heteroatoms. The topological polar surface area (TPSA) is 12.0 Å². The monoisotopic (exact) mass is 225 g/mol. The number of benzene rings is 1. The van der Waals surface area contributed by atoms with Crippen molar-refractivity contribution >= 4 is 34.9 Å². The van der Waals surface area contributed by atoms with E-state index in [2.05, 4.69) is 37.9 Å². The second-order valence-corrected chi connectivity index (χ2v) is 4.24. The first kappa shape index (κ1) is 11.5. The molecule has 1 nitrogen and oxygen atoms in total. The van der Waals surface area contributed by atoms with E-state index in [1.165, 1.54) is 11.1 Å². The molecular weight excluding hydrogens is 210 g/mol. The Morgan fingerprint density at radius 1 is 1.36 bits per heavy atom. The summed E-state index contributed by atoms with van der Waals surface area (Å²) in [5, 5.41) is 3.09. The van der Waals surface area contributed by atoms with E-state index in [0.717, 1.165) is 18.5 Å². The number of nitrogens with one attached hydrogen (secondary N) is 1. The van der Waals surface area contributed by atoms with E-state index < -0.39 is 0 Å². The highest BCUT2D eigenvalue weighted by molar-refractivity contribution is 8.11. The van der Waals surface area contributed by atoms with E-state index in [4.69, 9.17) is 12.2 Å². The average Bonchev–Trinajstić information content (AvgIpc) is 2.16. The molecule has 0 radical (unpaired) electrons. The fourth-order valence-corrected chi connectivity index (χ4v) is 1.85. The highest BCUT2D eigenvalue weighted by atomic mass is 32.1. The zero-order valence-corrected chi connectivity index (χ0v) is 10.2. The second-order valence-electron chi connectivity index (χ2n) is 3.08. The Kier molecular flexibility index (Phi) is 4.42. The lowest BCUT2D eigenvalue weighted by atomic mass is 10.0. The van der Waals surface area contributed by atoms with Crippen molar-refractivity contribution in [3.63, 3.8) is 0 Å². The average molecular weight is 225 g/mol. The molecule has 0 aromatic heterocycles. The molecule has 0 aliphatic rings. The van der Waals surface area contributed by atoms with Crippen LogP contribution in [0, 0.1) is 0 Å². The smallest absolute Gasteiger partial charge is 0.135 e. The van der Waals surface area contributed by atoms with Crippen LogP contribution in [0.2, 0.25) is 0 Å². The van der Waals surface area contributed by atoms with Gasteiger partial charge in [-0.05, 0) is 30.0 Å². The summed E-state index contributed by atoms with van der Waals surface area (Å²) in [5.74, 6) is 0. The first-order valence-electron chi connectivity index (χ1n) is 4.79. The summed E-state index contributed by atoms with van der Waals surface area (Å²) in [4.78, 5) is 0. The number of aryl methyl sites for hydroxylation is 1. The van der Waals surface area contributed by atoms with Crippen LogP contribution in [0.4, 0.5) is 5.69 Å². The lowest BCUT2D eigenvalue weighted by molar-refractivity contribution is 1.04. The van der Waals surface area contributed by atoms with Gasteiger partial charge in [-0.2, -0.15) is 0 Å². The normalized spacial score (nSPS) is 9.93. The number of hydrogen-bond donors (Lipinski definition) is 2. The van der Waals surface area contributed by atoms with Gasteiger partial charge in [-0.1, -0.05) is 38.2 Å². The van der Waals surface area contributed by atoms with Gasteiger partial charge in [0.15, 0.2) is 0 Å². The summed E-state index contributed by atoms with van der Waals surface area (Å²) >= 11 is 9.00. The van der Waals surface area contributed by atoms with Gasteiger partial charge >= 0.3 is 0 Å². The number of anilines is 1. The third-order valence-electron chi connectivity index (χ3n) is 2.25. The fraction of sp³-hybridized carbons (Fsp3) is 0.364. The van der Waals surface area contributed by atoms with E-state index in [1.807, 2.05) is 12.1 Å². The molecule has 0 bridgehead atoms. The van der Waals surface area contributed by atoms with Crippen LogP contribution in [-0.2, 0) is 12.8 Å². The van der Waals surface area contributed by atoms with E-state index in [1.54, 1.807) is 0 Å². The molecule has 1 N–H and O–H groups in total. The van der Waals surface area contributed by atoms with Gasteiger partial charge in [0.2, 0.25) is 0 Å². The number of thiol groups is 1. The van der Waals surface area contributed by atoms with Crippen molar-refractivity contribution < 1.29 is 0 Å². The lowest BCUT2D eigenvalue weighted by Crippen LogP contribution is -2.05. The van der Waals surface area contributed by atoms with Crippen LogP contribution in [0.15, 0.2) is 18.2 Å². The van der Waals surface area contributed by atoms with Gasteiger partial charge in [0.25, 0.3) is 0 Å². The van der Waals surface area contributed by atoms with Gasteiger partial charge in [-0.25, -0.2) is 0 Å². The van der Waals surface area contributed by atoms with Crippen LogP contribution in [-0.4, -0.2) is 4.32 Å². The number of rotatable bonds is 3. The van der Waals surface area contributed by atoms with Gasteiger partial charge in [0.05, 0.1) is 0 Å². The molecule has 0 saturated heterocycles. The highest BCUT2D eigenvalue weighted by Crippen LogP contribution is 2.21. The minimum absolute atomic E-state index is 0.521. The minimum Gasteiger partial charge on any atom is -0.341 e. The van der Waals surface area contributed by atoms with Crippen molar-refractivity contribution in [1.29, 1.82) is 0 Å². The summed E-state index contributed by atoms with van der Waals surface area (Å²) in [6, 6.07) is 6.25. The molecule has 1 aromatic carbocycles. The van der Waals surface area contributed by atoms with Gasteiger partial charge in [0.1, 0.15) is 4.32 Å². The number of hydrogen-bond acceptors (Lipinski definition) is 1. The summed E-state index contributed by atoms with van der Waals surface area (Å²) in [6.07, 6.45) is 2.07. The van der Waals surface area contributed by atoms with Crippen molar-refractivity contribution in [2.45, 2.75) is 26.7 Å². The van der Waals surface area contributed by atoms with Crippen molar-refractivity contribution in [3.05, 3.63) is 29.3 Å². The predicted molar refractivity (Wildman–Crippen MR) is 70.4 cm³/mol. The summed E-state index contributed by atoms with van der Waals surface area (Å²) < 4.78 is 0.521. The largest absolute Gasteiger partial charge is 0.341 e. The molecule has 0 aliphatic heterocycles. The van der Waals surface area contributed by atoms with Gasteiger partial charge in [0, 0.05) is 5.69 Å². The molecule has 14 heavy (non-hydrogen) atoms. The standard InChI is InChI=1S/C11H15NS2/c1-3-8-6-5-7-10(9(8)4-2)12-11(13)14/h5-7H,3-4H2,1-2H3,(H2,12,13,14). The molecule has 0 aliphatic carbocycles. The Balaban J connectivity index is 3.08. The fourth-order valence-electron chi connectivity index (χ4n) is 1.62. The second kappa shape index (κ2) is 5.37. The Bertz CT molecular complexity index is 334. The molecule has 0 saturated carbocycles. The molecule has 0 amide bonds. The molecule has 1 rings (SSSR count). The third-order valence-corrected chi connectivity index (χ3v) is 2.46. The molecule has 76 valence electrons. The Labute approximate surface area is 96.3 Å². The summed E-state index contributed by atoms with van der Waals surface area (Å²) in [5.41, 5.74) is 3.81. The SMILES string of the molecule is CCc1cccc(NC(=S)S)c1CC. The third kappa shape index (κ3) is 2.72. The molecule has 0 atom stereocenters. The Morgan fingerprint density at radius 2 is 2.07 bits per heavy atom. The quantitative estimate of drug-likeness (QED) is 0.604. The minimum atomic E-state index is 0.521. The zero-order chi connectivity index (χ0) is 10.6. The molecule has 0 fully saturated rings. The van der Waals surface area contributed by atoms with Crippen molar-refractivity contribution in [3.8, 4) is 0 Å². The van der Waals surface area contributed by atoms with Crippen LogP contribution in [0.25, 0.3) is 0 Å². The van der Waals surface area contributed by atoms with E-state index in [0.29, 0.717) is 4.32 Å². The Hall–Kier alpha value is -0.540. The van der Waals surface area contributed by atoms with Gasteiger partial charge < -0.3 is 5.32 Å². The van der Waals surface area contributed by atoms with E-state index in [-0.39, 0.29) is 0 Å². The first-order chi connectivity index (χ1) is 6.69. The predicted octanol–water partition coefficient (Wildman–Crippen LogP) is 3.44. The van der Waals surface area contributed by atoms with Crippen LogP contribution in [0.5, 0.6) is 0 Å². The lowest BCUT2D eigenvalue weighted by Gasteiger charge is -2.12. The molecule has 1 aromatic rings. The molecule has 0 unspecified atom stereocenters. The number of thiocarbonyl (C=S) groups is 1. The van der Waals surface area contributed by atoms with Crippen molar-refractivity contribution in [2.24, 2.45) is 0 Å².